The predicted octanol–water partition coefficient (Wildman–Crippen LogP) is 3.34. The third kappa shape index (κ3) is 6.39. The van der Waals surface area contributed by atoms with Gasteiger partial charge < -0.3 is 19.8 Å². The summed E-state index contributed by atoms with van der Waals surface area (Å²) in [4.78, 5) is 18.7. The molecule has 0 bridgehead atoms. The Bertz CT molecular complexity index is 732. The van der Waals surface area contributed by atoms with Gasteiger partial charge in [-0.15, -0.1) is 0 Å². The smallest absolute Gasteiger partial charge is 0.387 e. The molecule has 0 unspecified atom stereocenters. The average molecular weight is 363 g/mol. The number of halogens is 2. The van der Waals surface area contributed by atoms with E-state index in [2.05, 4.69) is 15.2 Å². The molecule has 1 N–H and O–H groups in total. The number of amides is 1. The van der Waals surface area contributed by atoms with Gasteiger partial charge in [-0.3, -0.25) is 4.79 Å². The molecule has 0 heterocycles. The van der Waals surface area contributed by atoms with Gasteiger partial charge in [-0.2, -0.15) is 8.78 Å². The summed E-state index contributed by atoms with van der Waals surface area (Å²) in [5.41, 5.74) is 2.33. The van der Waals surface area contributed by atoms with Crippen LogP contribution in [0, 0.1) is 0 Å². The number of nitrogens with zero attached hydrogens (tertiary/aromatic N) is 2. The zero-order valence-electron chi connectivity index (χ0n) is 14.4. The highest BCUT2D eigenvalue weighted by atomic mass is 19.3. The van der Waals surface area contributed by atoms with E-state index in [9.17, 15) is 13.6 Å². The number of hydrogen-bond acceptors (Lipinski definition) is 5. The van der Waals surface area contributed by atoms with Gasteiger partial charge in [0.1, 0.15) is 5.75 Å². The molecule has 0 atom stereocenters. The van der Waals surface area contributed by atoms with Gasteiger partial charge in [0.2, 0.25) is 0 Å². The van der Waals surface area contributed by atoms with Crippen LogP contribution in [0.4, 0.5) is 20.2 Å². The number of anilines is 2. The van der Waals surface area contributed by atoms with Crippen LogP contribution in [-0.2, 0) is 9.63 Å². The van der Waals surface area contributed by atoms with Crippen molar-refractivity contribution in [2.45, 2.75) is 6.61 Å². The van der Waals surface area contributed by atoms with Gasteiger partial charge in [0.05, 0.1) is 6.21 Å². The van der Waals surface area contributed by atoms with E-state index in [-0.39, 0.29) is 12.4 Å². The predicted molar refractivity (Wildman–Crippen MR) is 96.0 cm³/mol. The highest BCUT2D eigenvalue weighted by molar-refractivity contribution is 5.91. The summed E-state index contributed by atoms with van der Waals surface area (Å²) in [6, 6.07) is 13.2. The van der Waals surface area contributed by atoms with Crippen molar-refractivity contribution in [3.63, 3.8) is 0 Å². The first-order valence-electron chi connectivity index (χ1n) is 7.71. The maximum atomic E-state index is 12.1. The number of ether oxygens (including phenoxy) is 1. The molecule has 0 saturated heterocycles. The summed E-state index contributed by atoms with van der Waals surface area (Å²) in [5.74, 6) is -0.410. The lowest BCUT2D eigenvalue weighted by Crippen LogP contribution is -2.16. The molecule has 1 amide bonds. The summed E-state index contributed by atoms with van der Waals surface area (Å²) < 4.78 is 28.3. The first kappa shape index (κ1) is 19.2. The summed E-state index contributed by atoms with van der Waals surface area (Å²) in [6.45, 7) is -3.16. The monoisotopic (exact) mass is 363 g/mol. The minimum atomic E-state index is -2.89. The Kier molecular flexibility index (Phi) is 6.90. The average Bonchev–Trinajstić information content (AvgIpc) is 2.60. The van der Waals surface area contributed by atoms with Crippen LogP contribution in [0.3, 0.4) is 0 Å². The van der Waals surface area contributed by atoms with Gasteiger partial charge >= 0.3 is 6.61 Å². The van der Waals surface area contributed by atoms with E-state index in [1.165, 1.54) is 30.5 Å². The SMILES string of the molecule is CN(C)c1ccc(/C=N/OCC(=O)Nc2ccc(OC(F)F)cc2)cc1. The molecule has 0 fully saturated rings. The van der Waals surface area contributed by atoms with Crippen LogP contribution in [0.5, 0.6) is 5.75 Å². The van der Waals surface area contributed by atoms with Gasteiger partial charge in [0.15, 0.2) is 6.61 Å². The minimum absolute atomic E-state index is 0.0131. The van der Waals surface area contributed by atoms with Gasteiger partial charge in [-0.1, -0.05) is 17.3 Å². The van der Waals surface area contributed by atoms with Crippen molar-refractivity contribution in [2.24, 2.45) is 5.16 Å². The fourth-order valence-corrected chi connectivity index (χ4v) is 1.97. The third-order valence-electron chi connectivity index (χ3n) is 3.24. The standard InChI is InChI=1S/C18H19F2N3O3/c1-23(2)15-7-3-13(4-8-15)11-21-25-12-17(24)22-14-5-9-16(10-6-14)26-18(19)20/h3-11,18H,12H2,1-2H3,(H,22,24)/b21-11+. The van der Waals surface area contributed by atoms with Crippen molar-refractivity contribution in [1.29, 1.82) is 0 Å². The van der Waals surface area contributed by atoms with Crippen LogP contribution in [0.15, 0.2) is 53.7 Å². The molecular formula is C18H19F2N3O3. The normalized spacial score (nSPS) is 10.8. The molecule has 8 heteroatoms. The van der Waals surface area contributed by atoms with E-state index in [0.29, 0.717) is 5.69 Å². The van der Waals surface area contributed by atoms with Crippen LogP contribution in [-0.4, -0.2) is 39.4 Å². The molecule has 138 valence electrons. The zero-order valence-corrected chi connectivity index (χ0v) is 14.4. The second-order valence-electron chi connectivity index (χ2n) is 5.44. The van der Waals surface area contributed by atoms with Crippen molar-refractivity contribution >= 4 is 23.5 Å². The Labute approximate surface area is 150 Å². The van der Waals surface area contributed by atoms with Gasteiger partial charge in [-0.05, 0) is 42.0 Å². The quantitative estimate of drug-likeness (QED) is 0.577. The molecule has 6 nitrogen and oxygen atoms in total. The molecule has 0 saturated carbocycles. The molecule has 2 aromatic carbocycles. The topological polar surface area (TPSA) is 63.2 Å². The molecule has 0 aliphatic heterocycles. The number of carbonyl (C=O) groups excluding carboxylic acids is 1. The lowest BCUT2D eigenvalue weighted by Gasteiger charge is -2.11. The highest BCUT2D eigenvalue weighted by Gasteiger charge is 2.06. The molecule has 0 aliphatic carbocycles. The number of rotatable bonds is 8. The van der Waals surface area contributed by atoms with Crippen molar-refractivity contribution < 1.29 is 23.1 Å². The summed E-state index contributed by atoms with van der Waals surface area (Å²) >= 11 is 0. The number of carbonyl (C=O) groups is 1. The molecule has 0 spiro atoms. The van der Waals surface area contributed by atoms with E-state index in [1.807, 2.05) is 43.3 Å². The van der Waals surface area contributed by atoms with E-state index >= 15 is 0 Å². The Morgan fingerprint density at radius 1 is 1.15 bits per heavy atom. The van der Waals surface area contributed by atoms with E-state index in [0.717, 1.165) is 11.3 Å². The Hall–Kier alpha value is -3.16. The second kappa shape index (κ2) is 9.36. The largest absolute Gasteiger partial charge is 0.435 e. The maximum absolute atomic E-state index is 12.1. The maximum Gasteiger partial charge on any atom is 0.387 e. The Morgan fingerprint density at radius 3 is 2.38 bits per heavy atom. The second-order valence-corrected chi connectivity index (χ2v) is 5.44. The van der Waals surface area contributed by atoms with E-state index in [1.54, 1.807) is 0 Å². The van der Waals surface area contributed by atoms with Gasteiger partial charge in [0.25, 0.3) is 5.91 Å². The summed E-state index contributed by atoms with van der Waals surface area (Å²) in [6.07, 6.45) is 1.50. The van der Waals surface area contributed by atoms with E-state index < -0.39 is 12.5 Å². The number of benzene rings is 2. The first-order chi connectivity index (χ1) is 12.4. The fourth-order valence-electron chi connectivity index (χ4n) is 1.97. The number of oxime groups is 1. The Balaban J connectivity index is 1.76. The number of alkyl halides is 2. The number of nitrogens with one attached hydrogen (secondary N) is 1. The minimum Gasteiger partial charge on any atom is -0.435 e. The number of hydrogen-bond donors (Lipinski definition) is 1. The fraction of sp³-hybridized carbons (Fsp3) is 0.222. The molecule has 2 aromatic rings. The van der Waals surface area contributed by atoms with Gasteiger partial charge in [0, 0.05) is 25.5 Å². The van der Waals surface area contributed by atoms with Crippen molar-refractivity contribution in [3.8, 4) is 5.75 Å². The molecule has 0 aliphatic rings. The van der Waals surface area contributed by atoms with Crippen LogP contribution < -0.4 is 15.0 Å². The highest BCUT2D eigenvalue weighted by Crippen LogP contribution is 2.17. The third-order valence-corrected chi connectivity index (χ3v) is 3.24. The molecule has 0 radical (unpaired) electrons. The molecule has 26 heavy (non-hydrogen) atoms. The van der Waals surface area contributed by atoms with Crippen molar-refractivity contribution in [3.05, 3.63) is 54.1 Å². The van der Waals surface area contributed by atoms with Crippen LogP contribution in [0.2, 0.25) is 0 Å². The van der Waals surface area contributed by atoms with Crippen LogP contribution in [0.25, 0.3) is 0 Å². The van der Waals surface area contributed by atoms with E-state index in [4.69, 9.17) is 4.84 Å². The summed E-state index contributed by atoms with van der Waals surface area (Å²) in [7, 11) is 3.90. The lowest BCUT2D eigenvalue weighted by molar-refractivity contribution is -0.120. The summed E-state index contributed by atoms with van der Waals surface area (Å²) in [5, 5.41) is 6.30. The first-order valence-corrected chi connectivity index (χ1v) is 7.71. The van der Waals surface area contributed by atoms with Gasteiger partial charge in [-0.25, -0.2) is 0 Å². The van der Waals surface area contributed by atoms with Crippen LogP contribution in [0.1, 0.15) is 5.56 Å². The van der Waals surface area contributed by atoms with Crippen molar-refractivity contribution in [1.82, 2.24) is 0 Å². The molecular weight excluding hydrogens is 344 g/mol. The zero-order chi connectivity index (χ0) is 18.9. The molecule has 0 aromatic heterocycles. The van der Waals surface area contributed by atoms with Crippen molar-refractivity contribution in [2.75, 3.05) is 30.9 Å². The molecule has 2 rings (SSSR count). The van der Waals surface area contributed by atoms with Crippen LogP contribution >= 0.6 is 0 Å². The Morgan fingerprint density at radius 2 is 1.81 bits per heavy atom. The lowest BCUT2D eigenvalue weighted by atomic mass is 10.2.